The summed E-state index contributed by atoms with van der Waals surface area (Å²) in [5.41, 5.74) is 3.23. The second kappa shape index (κ2) is 9.26. The fourth-order valence-corrected chi connectivity index (χ4v) is 10.1. The first kappa shape index (κ1) is 23.7. The summed E-state index contributed by atoms with van der Waals surface area (Å²) < 4.78 is 6.68. The number of carboxylic acids is 1. The van der Waals surface area contributed by atoms with Crippen LogP contribution in [0.2, 0.25) is 0 Å². The van der Waals surface area contributed by atoms with E-state index in [-0.39, 0.29) is 12.8 Å². The quantitative estimate of drug-likeness (QED) is 0.502. The van der Waals surface area contributed by atoms with Gasteiger partial charge < -0.3 is 0 Å². The molecular weight excluding hydrogens is 419 g/mol. The van der Waals surface area contributed by atoms with E-state index >= 15 is 0 Å². The summed E-state index contributed by atoms with van der Waals surface area (Å²) in [4.78, 5) is 24.4. The normalized spacial score (nSPS) is 12.6. The molecule has 0 atom stereocenters. The molecule has 0 radical (unpaired) electrons. The van der Waals surface area contributed by atoms with Crippen LogP contribution in [0.25, 0.3) is 0 Å². The number of aliphatic carboxylic acids is 1. The van der Waals surface area contributed by atoms with Gasteiger partial charge in [-0.15, -0.1) is 0 Å². The van der Waals surface area contributed by atoms with Gasteiger partial charge in [0.1, 0.15) is 0 Å². The van der Waals surface area contributed by atoms with E-state index in [9.17, 15) is 9.59 Å². The van der Waals surface area contributed by atoms with Crippen LogP contribution in [-0.2, 0) is 14.1 Å². The van der Waals surface area contributed by atoms with E-state index in [0.717, 1.165) is 32.6 Å². The van der Waals surface area contributed by atoms with E-state index in [2.05, 4.69) is 25.1 Å². The van der Waals surface area contributed by atoms with Gasteiger partial charge in [0.15, 0.2) is 0 Å². The van der Waals surface area contributed by atoms with Crippen molar-refractivity contribution in [2.75, 3.05) is 6.16 Å². The van der Waals surface area contributed by atoms with Crippen LogP contribution in [0.4, 0.5) is 0 Å². The third-order valence-electron chi connectivity index (χ3n) is 6.09. The maximum absolute atomic E-state index is 13.2. The molecule has 3 rings (SSSR count). The van der Waals surface area contributed by atoms with Crippen LogP contribution in [-0.4, -0.2) is 23.2 Å². The molecular formula is C27H31O4P. The van der Waals surface area contributed by atoms with Crippen molar-refractivity contribution in [2.45, 2.75) is 40.5 Å². The van der Waals surface area contributed by atoms with Crippen molar-refractivity contribution in [2.24, 2.45) is 0 Å². The molecule has 0 heterocycles. The Morgan fingerprint density at radius 2 is 1.16 bits per heavy atom. The number of hydrogen-bond acceptors (Lipinski definition) is 3. The van der Waals surface area contributed by atoms with E-state index < -0.39 is 18.8 Å². The van der Waals surface area contributed by atoms with Gasteiger partial charge in [-0.3, -0.25) is 0 Å². The third kappa shape index (κ3) is 4.20. The van der Waals surface area contributed by atoms with Gasteiger partial charge in [-0.2, -0.15) is 0 Å². The first-order valence-corrected chi connectivity index (χ1v) is 13.2. The Bertz CT molecular complexity index is 1040. The van der Waals surface area contributed by atoms with Crippen molar-refractivity contribution in [1.82, 2.24) is 0 Å². The molecule has 0 unspecified atom stereocenters. The van der Waals surface area contributed by atoms with Gasteiger partial charge in [0, 0.05) is 0 Å². The standard InChI is InChI=1S/C27H31O4P/c1-5-32(23-12-6-9-20(2)17-23,24-13-7-10-21(3)18-24,25-14-8-11-22(4)19-25)31-27(30)16-15-26(28)29/h6-14,17-19H,5,15-16H2,1-4H3,(H,28,29). The molecule has 0 aliphatic carbocycles. The van der Waals surface area contributed by atoms with Crippen LogP contribution in [0, 0.1) is 20.8 Å². The number of hydrogen-bond donors (Lipinski definition) is 1. The molecule has 4 nitrogen and oxygen atoms in total. The van der Waals surface area contributed by atoms with E-state index in [4.69, 9.17) is 9.63 Å². The van der Waals surface area contributed by atoms with E-state index in [1.165, 1.54) is 0 Å². The molecule has 0 aliphatic heterocycles. The van der Waals surface area contributed by atoms with E-state index in [1.807, 2.05) is 75.4 Å². The molecule has 3 aromatic rings. The fraction of sp³-hybridized carbons (Fsp3) is 0.259. The Morgan fingerprint density at radius 3 is 1.47 bits per heavy atom. The van der Waals surface area contributed by atoms with Crippen molar-refractivity contribution in [3.8, 4) is 0 Å². The zero-order valence-corrected chi connectivity index (χ0v) is 20.1. The predicted molar refractivity (Wildman–Crippen MR) is 133 cm³/mol. The number of benzene rings is 3. The maximum atomic E-state index is 13.2. The summed E-state index contributed by atoms with van der Waals surface area (Å²) in [5.74, 6) is -1.50. The fourth-order valence-electron chi connectivity index (χ4n) is 4.46. The van der Waals surface area contributed by atoms with Crippen molar-refractivity contribution in [3.63, 3.8) is 0 Å². The Balaban J connectivity index is 2.44. The molecule has 0 amide bonds. The summed E-state index contributed by atoms with van der Waals surface area (Å²) in [6.45, 7) is 4.42. The predicted octanol–water partition coefficient (Wildman–Crippen LogP) is 4.78. The van der Waals surface area contributed by atoms with Crippen LogP contribution in [0.1, 0.15) is 36.5 Å². The molecule has 3 aromatic carbocycles. The minimum absolute atomic E-state index is 0.170. The molecule has 0 spiro atoms. The monoisotopic (exact) mass is 450 g/mol. The van der Waals surface area contributed by atoms with Crippen LogP contribution >= 0.6 is 6.83 Å². The van der Waals surface area contributed by atoms with E-state index in [0.29, 0.717) is 6.16 Å². The molecule has 0 aromatic heterocycles. The number of rotatable bonds is 8. The van der Waals surface area contributed by atoms with Crippen LogP contribution in [0.5, 0.6) is 0 Å². The van der Waals surface area contributed by atoms with Crippen molar-refractivity contribution in [1.29, 1.82) is 0 Å². The second-order valence-electron chi connectivity index (χ2n) is 8.40. The number of carbonyl (C=O) groups excluding carboxylic acids is 1. The van der Waals surface area contributed by atoms with E-state index in [1.54, 1.807) is 0 Å². The molecule has 0 fully saturated rings. The Hall–Kier alpha value is -2.97. The van der Waals surface area contributed by atoms with Crippen molar-refractivity contribution >= 4 is 34.7 Å². The zero-order chi connectivity index (χ0) is 23.4. The van der Waals surface area contributed by atoms with Gasteiger partial charge in [0.25, 0.3) is 0 Å². The van der Waals surface area contributed by atoms with Gasteiger partial charge in [0.2, 0.25) is 0 Å². The first-order chi connectivity index (χ1) is 15.2. The van der Waals surface area contributed by atoms with Crippen molar-refractivity contribution in [3.05, 3.63) is 89.5 Å². The average Bonchev–Trinajstić information content (AvgIpc) is 2.76. The number of carboxylic acid groups (broad SMARTS) is 1. The topological polar surface area (TPSA) is 63.6 Å². The van der Waals surface area contributed by atoms with Crippen LogP contribution in [0.3, 0.4) is 0 Å². The third-order valence-corrected chi connectivity index (χ3v) is 12.0. The van der Waals surface area contributed by atoms with Crippen LogP contribution < -0.4 is 15.9 Å². The summed E-state index contributed by atoms with van der Waals surface area (Å²) in [6.07, 6.45) is 0.141. The van der Waals surface area contributed by atoms with Gasteiger partial charge in [-0.25, -0.2) is 0 Å². The SMILES string of the molecule is CCP(OC(=O)CCC(=O)O)(c1cccc(C)c1)(c1cccc(C)c1)c1cccc(C)c1. The minimum atomic E-state index is -3.74. The molecule has 168 valence electrons. The molecule has 32 heavy (non-hydrogen) atoms. The van der Waals surface area contributed by atoms with Gasteiger partial charge in [0.05, 0.1) is 0 Å². The van der Waals surface area contributed by atoms with Gasteiger partial charge in [-0.05, 0) is 0 Å². The summed E-state index contributed by atoms with van der Waals surface area (Å²) >= 11 is 0. The molecule has 0 saturated heterocycles. The molecule has 0 bridgehead atoms. The summed E-state index contributed by atoms with van der Waals surface area (Å²) in [6, 6.07) is 24.5. The zero-order valence-electron chi connectivity index (χ0n) is 19.2. The average molecular weight is 451 g/mol. The first-order valence-electron chi connectivity index (χ1n) is 10.9. The van der Waals surface area contributed by atoms with Crippen LogP contribution in [0.15, 0.2) is 72.8 Å². The molecule has 0 saturated carbocycles. The van der Waals surface area contributed by atoms with Gasteiger partial charge in [-0.1, -0.05) is 0 Å². The Morgan fingerprint density at radius 1 is 0.750 bits per heavy atom. The van der Waals surface area contributed by atoms with Gasteiger partial charge >= 0.3 is 190 Å². The second-order valence-corrected chi connectivity index (χ2v) is 13.2. The molecule has 0 aliphatic rings. The van der Waals surface area contributed by atoms with Crippen molar-refractivity contribution < 1.29 is 19.2 Å². The Labute approximate surface area is 190 Å². The number of carbonyl (C=O) groups is 2. The summed E-state index contributed by atoms with van der Waals surface area (Å²) in [5, 5.41) is 12.1. The number of aryl methyl sites for hydroxylation is 3. The molecule has 1 N–H and O–H groups in total. The molecule has 5 heteroatoms. The summed E-state index contributed by atoms with van der Waals surface area (Å²) in [7, 11) is 0. The Kier molecular flexibility index (Phi) is 6.85.